The molecule has 2 aromatic carbocycles. The van der Waals surface area contributed by atoms with Gasteiger partial charge in [-0.15, -0.1) is 0 Å². The predicted molar refractivity (Wildman–Crippen MR) is 113 cm³/mol. The van der Waals surface area contributed by atoms with E-state index >= 15 is 0 Å². The van der Waals surface area contributed by atoms with Crippen molar-refractivity contribution in [2.24, 2.45) is 0 Å². The van der Waals surface area contributed by atoms with Crippen molar-refractivity contribution in [3.05, 3.63) is 85.3 Å². The average molecular weight is 459 g/mol. The summed E-state index contributed by atoms with van der Waals surface area (Å²) in [7, 11) is 0. The number of nitrogens with zero attached hydrogens (tertiary/aromatic N) is 1. The zero-order chi connectivity index (χ0) is 17.2. The quantitative estimate of drug-likeness (QED) is 0.420. The highest BCUT2D eigenvalue weighted by Gasteiger charge is 2.30. The number of hydrogen-bond donors (Lipinski definition) is 0. The number of halogens is 1. The van der Waals surface area contributed by atoms with Crippen LogP contribution in [0.1, 0.15) is 35.2 Å². The Hall–Kier alpha value is -1.53. The molecule has 0 bridgehead atoms. The summed E-state index contributed by atoms with van der Waals surface area (Å²) >= 11 is 3.96. The lowest BCUT2D eigenvalue weighted by molar-refractivity contribution is 0.102. The van der Waals surface area contributed by atoms with E-state index in [-0.39, 0.29) is 5.78 Å². The number of carbonyl (C=O) groups excluding carboxylic acids is 1. The van der Waals surface area contributed by atoms with Crippen LogP contribution in [0.3, 0.4) is 0 Å². The van der Waals surface area contributed by atoms with Crippen LogP contribution in [0.15, 0.2) is 70.6 Å². The second-order valence-electron chi connectivity index (χ2n) is 6.19. The molecule has 0 saturated heterocycles. The highest BCUT2D eigenvalue weighted by molar-refractivity contribution is 14.1. The van der Waals surface area contributed by atoms with Gasteiger partial charge in [0.15, 0.2) is 5.78 Å². The van der Waals surface area contributed by atoms with Crippen LogP contribution < -0.4 is 0 Å². The number of allylic oxidation sites excluding steroid dienone is 1. The van der Waals surface area contributed by atoms with Crippen molar-refractivity contribution in [1.29, 1.82) is 0 Å². The molecule has 0 amide bonds. The number of ketones is 1. The van der Waals surface area contributed by atoms with E-state index in [9.17, 15) is 4.79 Å². The zero-order valence-electron chi connectivity index (χ0n) is 13.7. The molecule has 0 atom stereocenters. The molecule has 4 rings (SSSR count). The molecule has 2 heterocycles. The SMILES string of the molecule is O=C(C1=C2SC=C(c3ccccc3)N2CCCC1)c1ccccc1I. The maximum atomic E-state index is 13.2. The van der Waals surface area contributed by atoms with Crippen molar-refractivity contribution in [2.45, 2.75) is 19.3 Å². The van der Waals surface area contributed by atoms with Gasteiger partial charge in [0.05, 0.1) is 10.7 Å². The predicted octanol–water partition coefficient (Wildman–Crippen LogP) is 5.92. The third-order valence-electron chi connectivity index (χ3n) is 4.60. The smallest absolute Gasteiger partial charge is 0.192 e. The van der Waals surface area contributed by atoms with Gasteiger partial charge in [0.25, 0.3) is 0 Å². The van der Waals surface area contributed by atoms with Gasteiger partial charge < -0.3 is 4.90 Å². The van der Waals surface area contributed by atoms with Gasteiger partial charge in [-0.3, -0.25) is 4.79 Å². The number of Topliss-reactive ketones (excluding diaryl/α,β-unsaturated/α-hetero) is 1. The second-order valence-corrected chi connectivity index (χ2v) is 8.21. The van der Waals surface area contributed by atoms with Crippen LogP contribution in [-0.4, -0.2) is 17.2 Å². The van der Waals surface area contributed by atoms with Gasteiger partial charge in [-0.1, -0.05) is 54.2 Å². The van der Waals surface area contributed by atoms with Crippen LogP contribution in [0, 0.1) is 3.57 Å². The first-order valence-electron chi connectivity index (χ1n) is 8.48. The van der Waals surface area contributed by atoms with E-state index in [1.807, 2.05) is 30.3 Å². The number of fused-ring (bicyclic) bond motifs is 1. The summed E-state index contributed by atoms with van der Waals surface area (Å²) in [6, 6.07) is 18.3. The summed E-state index contributed by atoms with van der Waals surface area (Å²) in [5.41, 5.74) is 4.22. The van der Waals surface area contributed by atoms with Gasteiger partial charge >= 0.3 is 0 Å². The highest BCUT2D eigenvalue weighted by atomic mass is 127. The molecule has 2 aliphatic heterocycles. The van der Waals surface area contributed by atoms with E-state index in [1.165, 1.54) is 11.3 Å². The van der Waals surface area contributed by atoms with Crippen LogP contribution in [-0.2, 0) is 0 Å². The van der Waals surface area contributed by atoms with Crippen LogP contribution in [0.4, 0.5) is 0 Å². The van der Waals surface area contributed by atoms with Gasteiger partial charge in [0.2, 0.25) is 0 Å². The van der Waals surface area contributed by atoms with Crippen LogP contribution in [0.5, 0.6) is 0 Å². The maximum absolute atomic E-state index is 13.2. The molecular weight excluding hydrogens is 441 g/mol. The first-order chi connectivity index (χ1) is 12.3. The molecule has 25 heavy (non-hydrogen) atoms. The Morgan fingerprint density at radius 3 is 2.56 bits per heavy atom. The Morgan fingerprint density at radius 2 is 1.76 bits per heavy atom. The molecule has 2 aromatic rings. The van der Waals surface area contributed by atoms with Crippen molar-refractivity contribution >= 4 is 45.8 Å². The Bertz CT molecular complexity index is 872. The summed E-state index contributed by atoms with van der Waals surface area (Å²) < 4.78 is 1.02. The molecule has 0 spiro atoms. The molecule has 2 nitrogen and oxygen atoms in total. The third-order valence-corrected chi connectivity index (χ3v) is 6.57. The second kappa shape index (κ2) is 7.38. The minimum Gasteiger partial charge on any atom is -0.335 e. The summed E-state index contributed by atoms with van der Waals surface area (Å²) in [5, 5.41) is 3.32. The van der Waals surface area contributed by atoms with E-state index in [0.29, 0.717) is 0 Å². The lowest BCUT2D eigenvalue weighted by Crippen LogP contribution is -2.19. The highest BCUT2D eigenvalue weighted by Crippen LogP contribution is 2.44. The van der Waals surface area contributed by atoms with Gasteiger partial charge in [-0.2, -0.15) is 0 Å². The van der Waals surface area contributed by atoms with Crippen molar-refractivity contribution in [3.8, 4) is 0 Å². The maximum Gasteiger partial charge on any atom is 0.192 e. The summed E-state index contributed by atoms with van der Waals surface area (Å²) in [4.78, 5) is 15.6. The van der Waals surface area contributed by atoms with Crippen LogP contribution >= 0.6 is 34.4 Å². The van der Waals surface area contributed by atoms with Crippen molar-refractivity contribution in [1.82, 2.24) is 4.90 Å². The Morgan fingerprint density at radius 1 is 1.00 bits per heavy atom. The Balaban J connectivity index is 1.73. The van der Waals surface area contributed by atoms with Gasteiger partial charge in [0.1, 0.15) is 0 Å². The third kappa shape index (κ3) is 3.29. The minimum absolute atomic E-state index is 0.183. The molecule has 0 aromatic heterocycles. The number of rotatable bonds is 3. The first kappa shape index (κ1) is 16.9. The zero-order valence-corrected chi connectivity index (χ0v) is 16.7. The molecule has 0 unspecified atom stereocenters. The van der Waals surface area contributed by atoms with Crippen molar-refractivity contribution in [3.63, 3.8) is 0 Å². The van der Waals surface area contributed by atoms with E-state index < -0.39 is 0 Å². The molecule has 0 radical (unpaired) electrons. The number of carbonyl (C=O) groups is 1. The normalized spacial score (nSPS) is 17.2. The Kier molecular flexibility index (Phi) is 4.99. The molecule has 0 saturated carbocycles. The largest absolute Gasteiger partial charge is 0.335 e. The Labute approximate surface area is 166 Å². The molecule has 0 N–H and O–H groups in total. The number of benzene rings is 2. The summed E-state index contributed by atoms with van der Waals surface area (Å²) in [6.07, 6.45) is 3.03. The van der Waals surface area contributed by atoms with Crippen LogP contribution in [0.25, 0.3) is 5.70 Å². The fourth-order valence-electron chi connectivity index (χ4n) is 3.33. The monoisotopic (exact) mass is 459 g/mol. The van der Waals surface area contributed by atoms with E-state index in [0.717, 1.165) is 45.5 Å². The van der Waals surface area contributed by atoms with Crippen molar-refractivity contribution < 1.29 is 4.79 Å². The first-order valence-corrected chi connectivity index (χ1v) is 10.4. The van der Waals surface area contributed by atoms with Gasteiger partial charge in [-0.25, -0.2) is 0 Å². The van der Waals surface area contributed by atoms with E-state index in [1.54, 1.807) is 11.8 Å². The van der Waals surface area contributed by atoms with E-state index in [4.69, 9.17) is 0 Å². The van der Waals surface area contributed by atoms with Gasteiger partial charge in [-0.05, 0) is 59.5 Å². The average Bonchev–Trinajstić information content (AvgIpc) is 2.95. The lowest BCUT2D eigenvalue weighted by atomic mass is 10.00. The lowest BCUT2D eigenvalue weighted by Gasteiger charge is -2.23. The number of hydrogen-bond acceptors (Lipinski definition) is 3. The number of thioether (sulfide) groups is 1. The molecular formula is C21H18INOS. The molecule has 0 aliphatic carbocycles. The van der Waals surface area contributed by atoms with Crippen LogP contribution in [0.2, 0.25) is 0 Å². The summed E-state index contributed by atoms with van der Waals surface area (Å²) in [6.45, 7) is 0.978. The van der Waals surface area contributed by atoms with Crippen molar-refractivity contribution in [2.75, 3.05) is 6.54 Å². The molecule has 0 fully saturated rings. The van der Waals surface area contributed by atoms with Gasteiger partial charge in [0, 0.05) is 26.7 Å². The molecule has 4 heteroatoms. The fourth-order valence-corrected chi connectivity index (χ4v) is 5.11. The fraction of sp³-hybridized carbons (Fsp3) is 0.190. The van der Waals surface area contributed by atoms with E-state index in [2.05, 4.69) is 57.2 Å². The standard InChI is InChI=1S/C21H18INOS/c22-18-12-5-4-10-16(18)20(24)17-11-6-7-13-23-19(14-25-21(17)23)15-8-2-1-3-9-15/h1-5,8-10,12,14H,6-7,11,13H2. The molecule has 2 aliphatic rings. The minimum atomic E-state index is 0.183. The molecule has 126 valence electrons. The topological polar surface area (TPSA) is 20.3 Å². The summed E-state index contributed by atoms with van der Waals surface area (Å²) in [5.74, 6) is 0.183.